The molecular formula is C16H21N7S. The summed E-state index contributed by atoms with van der Waals surface area (Å²) in [4.78, 5) is 16.2. The van der Waals surface area contributed by atoms with Crippen molar-refractivity contribution in [3.8, 4) is 0 Å². The number of aromatic nitrogens is 5. The van der Waals surface area contributed by atoms with Gasteiger partial charge in [-0.05, 0) is 19.3 Å². The molecular weight excluding hydrogens is 322 g/mol. The fourth-order valence-electron chi connectivity index (χ4n) is 3.21. The molecule has 0 amide bonds. The number of nitrogens with zero attached hydrogens (tertiary/aromatic N) is 6. The van der Waals surface area contributed by atoms with Crippen LogP contribution in [0.2, 0.25) is 0 Å². The summed E-state index contributed by atoms with van der Waals surface area (Å²) < 4.78 is 1.74. The van der Waals surface area contributed by atoms with Crippen LogP contribution >= 0.6 is 11.3 Å². The maximum atomic E-state index is 6.10. The van der Waals surface area contributed by atoms with Gasteiger partial charge in [0.1, 0.15) is 5.82 Å². The minimum atomic E-state index is 0.441. The first-order chi connectivity index (χ1) is 11.7. The zero-order valence-electron chi connectivity index (χ0n) is 13.9. The van der Waals surface area contributed by atoms with Gasteiger partial charge in [0.05, 0.1) is 22.3 Å². The fourth-order valence-corrected chi connectivity index (χ4v) is 4.24. The molecule has 4 heterocycles. The average molecular weight is 343 g/mol. The van der Waals surface area contributed by atoms with E-state index in [0.29, 0.717) is 17.7 Å². The monoisotopic (exact) mass is 343 g/mol. The SMILES string of the molecule is CCc1csc(C2CCCN(c3nc(N)c4cnn(C)c4n3)C2)n1. The molecule has 4 rings (SSSR count). The number of anilines is 2. The number of rotatable bonds is 3. The molecule has 0 bridgehead atoms. The van der Waals surface area contributed by atoms with Crippen LogP contribution in [0.15, 0.2) is 11.6 Å². The largest absolute Gasteiger partial charge is 0.383 e. The Labute approximate surface area is 144 Å². The molecule has 126 valence electrons. The quantitative estimate of drug-likeness (QED) is 0.785. The van der Waals surface area contributed by atoms with Crippen molar-refractivity contribution in [3.05, 3.63) is 22.3 Å². The summed E-state index contributed by atoms with van der Waals surface area (Å²) in [5, 5.41) is 8.43. The summed E-state index contributed by atoms with van der Waals surface area (Å²) in [6.45, 7) is 3.98. The number of thiazole rings is 1. The van der Waals surface area contributed by atoms with Gasteiger partial charge in [0, 0.05) is 31.4 Å². The zero-order valence-corrected chi connectivity index (χ0v) is 14.8. The van der Waals surface area contributed by atoms with Crippen LogP contribution in [-0.2, 0) is 13.5 Å². The normalized spacial score (nSPS) is 18.4. The zero-order chi connectivity index (χ0) is 16.7. The molecule has 8 heteroatoms. The summed E-state index contributed by atoms with van der Waals surface area (Å²) in [6, 6.07) is 0. The molecule has 1 unspecified atom stereocenters. The molecule has 0 aliphatic carbocycles. The highest BCUT2D eigenvalue weighted by atomic mass is 32.1. The molecule has 7 nitrogen and oxygen atoms in total. The van der Waals surface area contributed by atoms with Gasteiger partial charge in [-0.1, -0.05) is 6.92 Å². The molecule has 0 radical (unpaired) electrons. The number of nitrogens with two attached hydrogens (primary N) is 1. The van der Waals surface area contributed by atoms with Crippen molar-refractivity contribution < 1.29 is 0 Å². The third-order valence-electron chi connectivity index (χ3n) is 4.59. The predicted octanol–water partition coefficient (Wildman–Crippen LogP) is 2.35. The number of hydrogen-bond acceptors (Lipinski definition) is 7. The number of hydrogen-bond donors (Lipinski definition) is 1. The molecule has 0 spiro atoms. The molecule has 24 heavy (non-hydrogen) atoms. The molecule has 1 fully saturated rings. The van der Waals surface area contributed by atoms with Crippen LogP contribution in [0.5, 0.6) is 0 Å². The maximum Gasteiger partial charge on any atom is 0.229 e. The van der Waals surface area contributed by atoms with Crippen LogP contribution in [0.25, 0.3) is 11.0 Å². The molecule has 1 aliphatic heterocycles. The highest BCUT2D eigenvalue weighted by Crippen LogP contribution is 2.31. The van der Waals surface area contributed by atoms with Crippen LogP contribution < -0.4 is 10.6 Å². The van der Waals surface area contributed by atoms with Gasteiger partial charge in [0.15, 0.2) is 5.65 Å². The molecule has 0 aromatic carbocycles. The first-order valence-electron chi connectivity index (χ1n) is 8.30. The number of piperidine rings is 1. The van der Waals surface area contributed by atoms with Gasteiger partial charge in [0.2, 0.25) is 5.95 Å². The lowest BCUT2D eigenvalue weighted by Crippen LogP contribution is -2.35. The smallest absolute Gasteiger partial charge is 0.229 e. The van der Waals surface area contributed by atoms with E-state index in [1.165, 1.54) is 10.7 Å². The Morgan fingerprint density at radius 3 is 3.00 bits per heavy atom. The Balaban J connectivity index is 1.63. The Morgan fingerprint density at radius 1 is 1.33 bits per heavy atom. The van der Waals surface area contributed by atoms with Crippen LogP contribution in [0.4, 0.5) is 11.8 Å². The minimum Gasteiger partial charge on any atom is -0.383 e. The van der Waals surface area contributed by atoms with Gasteiger partial charge in [0.25, 0.3) is 0 Å². The number of nitrogen functional groups attached to an aromatic ring is 1. The van der Waals surface area contributed by atoms with Crippen LogP contribution in [0.3, 0.4) is 0 Å². The van der Waals surface area contributed by atoms with Crippen molar-refractivity contribution >= 4 is 34.1 Å². The molecule has 1 aliphatic rings. The second-order valence-electron chi connectivity index (χ2n) is 6.23. The number of fused-ring (bicyclic) bond motifs is 1. The lowest BCUT2D eigenvalue weighted by molar-refractivity contribution is 0.501. The van der Waals surface area contributed by atoms with Crippen molar-refractivity contribution in [3.63, 3.8) is 0 Å². The summed E-state index contributed by atoms with van der Waals surface area (Å²) >= 11 is 1.77. The summed E-state index contributed by atoms with van der Waals surface area (Å²) in [5.41, 5.74) is 8.07. The highest BCUT2D eigenvalue weighted by Gasteiger charge is 2.26. The van der Waals surface area contributed by atoms with E-state index < -0.39 is 0 Å². The summed E-state index contributed by atoms with van der Waals surface area (Å²) in [5.74, 6) is 1.63. The van der Waals surface area contributed by atoms with E-state index in [1.54, 1.807) is 22.2 Å². The second kappa shape index (κ2) is 6.01. The van der Waals surface area contributed by atoms with Crippen LogP contribution in [0, 0.1) is 0 Å². The van der Waals surface area contributed by atoms with Crippen LogP contribution in [0.1, 0.15) is 36.4 Å². The van der Waals surface area contributed by atoms with E-state index >= 15 is 0 Å². The second-order valence-corrected chi connectivity index (χ2v) is 7.12. The fraction of sp³-hybridized carbons (Fsp3) is 0.500. The van der Waals surface area contributed by atoms with Gasteiger partial charge in [-0.25, -0.2) is 4.98 Å². The Kier molecular flexibility index (Phi) is 3.84. The summed E-state index contributed by atoms with van der Waals surface area (Å²) in [7, 11) is 1.87. The van der Waals surface area contributed by atoms with E-state index in [2.05, 4.69) is 32.3 Å². The van der Waals surface area contributed by atoms with Crippen molar-refractivity contribution in [2.24, 2.45) is 7.05 Å². The lowest BCUT2D eigenvalue weighted by atomic mass is 9.99. The first-order valence-corrected chi connectivity index (χ1v) is 9.18. The predicted molar refractivity (Wildman–Crippen MR) is 96.4 cm³/mol. The van der Waals surface area contributed by atoms with Crippen molar-refractivity contribution in [2.45, 2.75) is 32.1 Å². The molecule has 2 N–H and O–H groups in total. The number of aryl methyl sites for hydroxylation is 2. The van der Waals surface area contributed by atoms with Crippen molar-refractivity contribution in [2.75, 3.05) is 23.7 Å². The third kappa shape index (κ3) is 2.60. The van der Waals surface area contributed by atoms with Gasteiger partial charge >= 0.3 is 0 Å². The third-order valence-corrected chi connectivity index (χ3v) is 5.65. The van der Waals surface area contributed by atoms with E-state index in [0.717, 1.165) is 43.4 Å². The van der Waals surface area contributed by atoms with E-state index in [1.807, 2.05) is 7.05 Å². The molecule has 3 aromatic rings. The van der Waals surface area contributed by atoms with Gasteiger partial charge in [-0.3, -0.25) is 4.68 Å². The Hall–Kier alpha value is -2.22. The van der Waals surface area contributed by atoms with E-state index in [4.69, 9.17) is 10.7 Å². The molecule has 0 saturated carbocycles. The van der Waals surface area contributed by atoms with Crippen molar-refractivity contribution in [1.29, 1.82) is 0 Å². The standard InChI is InChI=1S/C16H21N7S/c1-3-11-9-24-15(19-11)10-5-4-6-23(8-10)16-20-13(17)12-7-18-22(2)14(12)21-16/h7,9-10H,3-6,8H2,1-2H3,(H2,17,20,21). The lowest BCUT2D eigenvalue weighted by Gasteiger charge is -2.31. The summed E-state index contributed by atoms with van der Waals surface area (Å²) in [6.07, 6.45) is 4.98. The maximum absolute atomic E-state index is 6.10. The van der Waals surface area contributed by atoms with Gasteiger partial charge in [-0.2, -0.15) is 15.1 Å². The van der Waals surface area contributed by atoms with E-state index in [9.17, 15) is 0 Å². The van der Waals surface area contributed by atoms with E-state index in [-0.39, 0.29) is 0 Å². The molecule has 3 aromatic heterocycles. The highest BCUT2D eigenvalue weighted by molar-refractivity contribution is 7.09. The van der Waals surface area contributed by atoms with Crippen LogP contribution in [-0.4, -0.2) is 37.8 Å². The molecule has 1 saturated heterocycles. The van der Waals surface area contributed by atoms with Crippen molar-refractivity contribution in [1.82, 2.24) is 24.7 Å². The van der Waals surface area contributed by atoms with Gasteiger partial charge < -0.3 is 10.6 Å². The minimum absolute atomic E-state index is 0.441. The average Bonchev–Trinajstić information content (AvgIpc) is 3.22. The molecule has 1 atom stereocenters. The first kappa shape index (κ1) is 15.3. The Bertz CT molecular complexity index is 869. The topological polar surface area (TPSA) is 85.8 Å². The van der Waals surface area contributed by atoms with Gasteiger partial charge in [-0.15, -0.1) is 11.3 Å². The Morgan fingerprint density at radius 2 is 2.21 bits per heavy atom.